The number of nitrogens with one attached hydrogen (secondary N) is 2. The van der Waals surface area contributed by atoms with Gasteiger partial charge in [0.15, 0.2) is 0 Å². The highest BCUT2D eigenvalue weighted by Crippen LogP contribution is 2.27. The van der Waals surface area contributed by atoms with Gasteiger partial charge in [0.1, 0.15) is 5.75 Å². The Balaban J connectivity index is 1.68. The minimum atomic E-state index is 0.515. The SMILES string of the molecule is COc1ccccc1Nc1nccc(-c2ccc3nc[nH]c3c2)n1. The molecule has 0 aliphatic heterocycles. The van der Waals surface area contributed by atoms with Crippen LogP contribution >= 0.6 is 0 Å². The van der Waals surface area contributed by atoms with Gasteiger partial charge in [0, 0.05) is 11.8 Å². The third kappa shape index (κ3) is 2.65. The lowest BCUT2D eigenvalue weighted by atomic mass is 10.1. The second-order valence-electron chi connectivity index (χ2n) is 5.23. The monoisotopic (exact) mass is 317 g/mol. The molecule has 0 fully saturated rings. The van der Waals surface area contributed by atoms with Crippen molar-refractivity contribution in [3.8, 4) is 17.0 Å². The molecule has 0 spiro atoms. The Kier molecular flexibility index (Phi) is 3.55. The summed E-state index contributed by atoms with van der Waals surface area (Å²) in [6.45, 7) is 0. The molecule has 0 saturated heterocycles. The lowest BCUT2D eigenvalue weighted by molar-refractivity contribution is 0.417. The molecule has 4 rings (SSSR count). The summed E-state index contributed by atoms with van der Waals surface area (Å²) in [5, 5.41) is 3.20. The van der Waals surface area contributed by atoms with E-state index in [1.165, 1.54) is 0 Å². The van der Waals surface area contributed by atoms with Crippen LogP contribution in [0.25, 0.3) is 22.3 Å². The van der Waals surface area contributed by atoms with E-state index < -0.39 is 0 Å². The summed E-state index contributed by atoms with van der Waals surface area (Å²) in [6.07, 6.45) is 3.42. The number of hydrogen-bond acceptors (Lipinski definition) is 5. The summed E-state index contributed by atoms with van der Waals surface area (Å²) < 4.78 is 5.34. The number of H-pyrrole nitrogens is 1. The van der Waals surface area contributed by atoms with Crippen LogP contribution in [0.2, 0.25) is 0 Å². The van der Waals surface area contributed by atoms with Crippen molar-refractivity contribution in [2.75, 3.05) is 12.4 Å². The third-order valence-corrected chi connectivity index (χ3v) is 3.73. The van der Waals surface area contributed by atoms with Gasteiger partial charge in [0.05, 0.1) is 35.9 Å². The Bertz CT molecular complexity index is 995. The molecule has 6 nitrogen and oxygen atoms in total. The molecule has 6 heteroatoms. The number of aromatic amines is 1. The fraction of sp³-hybridized carbons (Fsp3) is 0.0556. The highest BCUT2D eigenvalue weighted by Gasteiger charge is 2.07. The average molecular weight is 317 g/mol. The number of hydrogen-bond donors (Lipinski definition) is 2. The number of rotatable bonds is 4. The zero-order valence-corrected chi connectivity index (χ0v) is 13.0. The number of nitrogens with zero attached hydrogens (tertiary/aromatic N) is 3. The van der Waals surface area contributed by atoms with Gasteiger partial charge in [-0.15, -0.1) is 0 Å². The van der Waals surface area contributed by atoms with E-state index in [2.05, 4.69) is 25.3 Å². The van der Waals surface area contributed by atoms with Crippen LogP contribution in [-0.2, 0) is 0 Å². The lowest BCUT2D eigenvalue weighted by Gasteiger charge is -2.10. The van der Waals surface area contributed by atoms with Crippen LogP contribution in [-0.4, -0.2) is 27.0 Å². The number of ether oxygens (including phenoxy) is 1. The molecule has 0 amide bonds. The summed E-state index contributed by atoms with van der Waals surface area (Å²) in [5.41, 5.74) is 4.56. The van der Waals surface area contributed by atoms with Gasteiger partial charge in [-0.1, -0.05) is 18.2 Å². The Labute approximate surface area is 138 Å². The normalized spacial score (nSPS) is 10.7. The number of methoxy groups -OCH3 is 1. The van der Waals surface area contributed by atoms with E-state index in [0.717, 1.165) is 33.7 Å². The number of anilines is 2. The van der Waals surface area contributed by atoms with Gasteiger partial charge < -0.3 is 15.0 Å². The van der Waals surface area contributed by atoms with E-state index in [1.54, 1.807) is 19.6 Å². The number of fused-ring (bicyclic) bond motifs is 1. The van der Waals surface area contributed by atoms with Crippen molar-refractivity contribution in [1.82, 2.24) is 19.9 Å². The van der Waals surface area contributed by atoms with Gasteiger partial charge in [-0.25, -0.2) is 15.0 Å². The zero-order chi connectivity index (χ0) is 16.4. The van der Waals surface area contributed by atoms with Crippen LogP contribution in [0.1, 0.15) is 0 Å². The largest absolute Gasteiger partial charge is 0.495 e. The van der Waals surface area contributed by atoms with Crippen molar-refractivity contribution < 1.29 is 4.74 Å². The summed E-state index contributed by atoms with van der Waals surface area (Å²) >= 11 is 0. The van der Waals surface area contributed by atoms with Crippen molar-refractivity contribution in [2.45, 2.75) is 0 Å². The molecular formula is C18H15N5O. The van der Waals surface area contributed by atoms with Crippen molar-refractivity contribution >= 4 is 22.7 Å². The van der Waals surface area contributed by atoms with Crippen LogP contribution in [0, 0.1) is 0 Å². The average Bonchev–Trinajstić information content (AvgIpc) is 3.10. The van der Waals surface area contributed by atoms with Gasteiger partial charge >= 0.3 is 0 Å². The first-order valence-electron chi connectivity index (χ1n) is 7.50. The van der Waals surface area contributed by atoms with E-state index >= 15 is 0 Å². The second-order valence-corrected chi connectivity index (χ2v) is 5.23. The molecular weight excluding hydrogens is 302 g/mol. The summed E-state index contributed by atoms with van der Waals surface area (Å²) in [4.78, 5) is 16.2. The molecule has 0 aliphatic rings. The number of imidazole rings is 1. The van der Waals surface area contributed by atoms with E-state index in [1.807, 2.05) is 48.5 Å². The molecule has 2 heterocycles. The quantitative estimate of drug-likeness (QED) is 0.599. The first kappa shape index (κ1) is 14.2. The lowest BCUT2D eigenvalue weighted by Crippen LogP contribution is -1.99. The van der Waals surface area contributed by atoms with Crippen molar-refractivity contribution in [3.63, 3.8) is 0 Å². The fourth-order valence-electron chi connectivity index (χ4n) is 2.54. The summed E-state index contributed by atoms with van der Waals surface area (Å²) in [6, 6.07) is 15.5. The second kappa shape index (κ2) is 6.00. The maximum Gasteiger partial charge on any atom is 0.227 e. The number of aromatic nitrogens is 4. The van der Waals surface area contributed by atoms with Crippen LogP contribution in [0.15, 0.2) is 61.1 Å². The van der Waals surface area contributed by atoms with Crippen LogP contribution in [0.4, 0.5) is 11.6 Å². The molecule has 2 N–H and O–H groups in total. The van der Waals surface area contributed by atoms with E-state index in [-0.39, 0.29) is 0 Å². The highest BCUT2D eigenvalue weighted by atomic mass is 16.5. The molecule has 24 heavy (non-hydrogen) atoms. The Morgan fingerprint density at radius 3 is 2.88 bits per heavy atom. The van der Waals surface area contributed by atoms with Crippen molar-refractivity contribution in [3.05, 3.63) is 61.1 Å². The molecule has 4 aromatic rings. The van der Waals surface area contributed by atoms with Crippen molar-refractivity contribution in [2.24, 2.45) is 0 Å². The third-order valence-electron chi connectivity index (χ3n) is 3.73. The van der Waals surface area contributed by atoms with Gasteiger partial charge in [-0.2, -0.15) is 0 Å². The van der Waals surface area contributed by atoms with E-state index in [9.17, 15) is 0 Å². The fourth-order valence-corrected chi connectivity index (χ4v) is 2.54. The Morgan fingerprint density at radius 1 is 1.04 bits per heavy atom. The molecule has 0 unspecified atom stereocenters. The molecule has 0 aliphatic carbocycles. The predicted octanol–water partition coefficient (Wildman–Crippen LogP) is 3.77. The molecule has 0 bridgehead atoms. The van der Waals surface area contributed by atoms with Gasteiger partial charge in [-0.3, -0.25) is 0 Å². The maximum absolute atomic E-state index is 5.34. The molecule has 0 atom stereocenters. The van der Waals surface area contributed by atoms with Crippen LogP contribution < -0.4 is 10.1 Å². The summed E-state index contributed by atoms with van der Waals surface area (Å²) in [7, 11) is 1.64. The van der Waals surface area contributed by atoms with Crippen LogP contribution in [0.3, 0.4) is 0 Å². The van der Waals surface area contributed by atoms with Crippen molar-refractivity contribution in [1.29, 1.82) is 0 Å². The van der Waals surface area contributed by atoms with Gasteiger partial charge in [0.2, 0.25) is 5.95 Å². The first-order chi connectivity index (χ1) is 11.8. The van der Waals surface area contributed by atoms with Gasteiger partial charge in [-0.05, 0) is 30.3 Å². The predicted molar refractivity (Wildman–Crippen MR) is 93.4 cm³/mol. The van der Waals surface area contributed by atoms with E-state index in [0.29, 0.717) is 5.95 Å². The smallest absolute Gasteiger partial charge is 0.227 e. The summed E-state index contributed by atoms with van der Waals surface area (Å²) in [5.74, 6) is 1.26. The number of para-hydroxylation sites is 2. The van der Waals surface area contributed by atoms with Gasteiger partial charge in [0.25, 0.3) is 0 Å². The minimum absolute atomic E-state index is 0.515. The molecule has 0 radical (unpaired) electrons. The highest BCUT2D eigenvalue weighted by molar-refractivity contribution is 5.80. The van der Waals surface area contributed by atoms with Crippen LogP contribution in [0.5, 0.6) is 5.75 Å². The molecule has 2 aromatic carbocycles. The Morgan fingerprint density at radius 2 is 1.96 bits per heavy atom. The maximum atomic E-state index is 5.34. The van der Waals surface area contributed by atoms with E-state index in [4.69, 9.17) is 4.74 Å². The topological polar surface area (TPSA) is 75.7 Å². The molecule has 0 saturated carbocycles. The zero-order valence-electron chi connectivity index (χ0n) is 13.0. The first-order valence-corrected chi connectivity index (χ1v) is 7.50. The standard InChI is InChI=1S/C18H15N5O/c1-24-17-5-3-2-4-15(17)23-18-19-9-8-13(22-18)12-6-7-14-16(10-12)21-11-20-14/h2-11H,1H3,(H,20,21)(H,19,22,23). The number of benzene rings is 2. The molecule has 2 aromatic heterocycles. The minimum Gasteiger partial charge on any atom is -0.495 e. The molecule has 118 valence electrons. The Hall–Kier alpha value is -3.41.